The average Bonchev–Trinajstić information content (AvgIpc) is 2.54. The van der Waals surface area contributed by atoms with E-state index in [2.05, 4.69) is 30.7 Å². The van der Waals surface area contributed by atoms with Crippen molar-refractivity contribution in [1.29, 1.82) is 0 Å². The maximum Gasteiger partial charge on any atom is 0.317 e. The lowest BCUT2D eigenvalue weighted by atomic mass is 9.80. The molecule has 2 rings (SSSR count). The normalized spacial score (nSPS) is 27.3. The van der Waals surface area contributed by atoms with Gasteiger partial charge in [0.1, 0.15) is 0 Å². The molecule has 2 atom stereocenters. The molecule has 0 radical (unpaired) electrons. The molecular weight excluding hydrogens is 216 g/mol. The lowest BCUT2D eigenvalue weighted by molar-refractivity contribution is -0.153. The van der Waals surface area contributed by atoms with Gasteiger partial charge >= 0.3 is 11.9 Å². The number of cyclic esters (lactones) is 2. The molecule has 0 N–H and O–H groups in total. The van der Waals surface area contributed by atoms with Crippen molar-refractivity contribution in [3.05, 3.63) is 23.3 Å². The van der Waals surface area contributed by atoms with Gasteiger partial charge in [0.2, 0.25) is 0 Å². The molecule has 0 amide bonds. The fourth-order valence-corrected chi connectivity index (χ4v) is 2.47. The number of fused-ring (bicyclic) bond motifs is 1. The summed E-state index contributed by atoms with van der Waals surface area (Å²) in [6.45, 7) is 4.16. The molecule has 0 aromatic carbocycles. The smallest absolute Gasteiger partial charge is 0.317 e. The molecule has 17 heavy (non-hydrogen) atoms. The van der Waals surface area contributed by atoms with E-state index >= 15 is 0 Å². The van der Waals surface area contributed by atoms with Crippen LogP contribution in [0.2, 0.25) is 0 Å². The lowest BCUT2D eigenvalue weighted by Gasteiger charge is -2.20. The first-order valence-electron chi connectivity index (χ1n) is 6.14. The zero-order chi connectivity index (χ0) is 12.4. The number of hydrogen-bond acceptors (Lipinski definition) is 3. The molecule has 1 aliphatic heterocycles. The van der Waals surface area contributed by atoms with Crippen molar-refractivity contribution in [2.75, 3.05) is 0 Å². The number of carbonyl (C=O) groups excluding carboxylic acids is 2. The second kappa shape index (κ2) is 4.86. The van der Waals surface area contributed by atoms with Crippen LogP contribution in [0.1, 0.15) is 39.5 Å². The molecule has 1 fully saturated rings. The first-order valence-corrected chi connectivity index (χ1v) is 6.14. The monoisotopic (exact) mass is 234 g/mol. The maximum atomic E-state index is 11.5. The summed E-state index contributed by atoms with van der Waals surface area (Å²) in [5.41, 5.74) is 2.60. The molecule has 3 heteroatoms. The summed E-state index contributed by atoms with van der Waals surface area (Å²) in [4.78, 5) is 22.8. The minimum Gasteiger partial charge on any atom is -0.393 e. The molecule has 2 aliphatic rings. The zero-order valence-electron chi connectivity index (χ0n) is 10.4. The van der Waals surface area contributed by atoms with Crippen molar-refractivity contribution in [3.63, 3.8) is 0 Å². The van der Waals surface area contributed by atoms with Crippen LogP contribution in [0.4, 0.5) is 0 Å². The van der Waals surface area contributed by atoms with Gasteiger partial charge in [-0.2, -0.15) is 0 Å². The average molecular weight is 234 g/mol. The van der Waals surface area contributed by atoms with Gasteiger partial charge < -0.3 is 4.74 Å². The first-order chi connectivity index (χ1) is 8.08. The van der Waals surface area contributed by atoms with Crippen molar-refractivity contribution in [2.45, 2.75) is 39.5 Å². The Bertz CT molecular complexity index is 400. The number of hydrogen-bond donors (Lipinski definition) is 0. The predicted octanol–water partition coefficient (Wildman–Crippen LogP) is 2.77. The number of rotatable bonds is 3. The summed E-state index contributed by atoms with van der Waals surface area (Å²) in [5.74, 6) is -1.09. The predicted molar refractivity (Wildman–Crippen MR) is 64.1 cm³/mol. The summed E-state index contributed by atoms with van der Waals surface area (Å²) in [6.07, 6.45) is 7.67. The van der Waals surface area contributed by atoms with Crippen LogP contribution in [-0.4, -0.2) is 11.9 Å². The summed E-state index contributed by atoms with van der Waals surface area (Å²) in [6, 6.07) is 0. The summed E-state index contributed by atoms with van der Waals surface area (Å²) in [7, 11) is 0. The fraction of sp³-hybridized carbons (Fsp3) is 0.571. The topological polar surface area (TPSA) is 43.4 Å². The van der Waals surface area contributed by atoms with Gasteiger partial charge in [-0.1, -0.05) is 23.3 Å². The van der Waals surface area contributed by atoms with E-state index in [1.807, 2.05) is 0 Å². The molecule has 1 aliphatic carbocycles. The lowest BCUT2D eigenvalue weighted by Crippen LogP contribution is -2.21. The fourth-order valence-electron chi connectivity index (χ4n) is 2.47. The highest BCUT2D eigenvalue weighted by molar-refractivity contribution is 5.96. The van der Waals surface area contributed by atoms with E-state index in [0.717, 1.165) is 12.8 Å². The molecule has 1 saturated heterocycles. The maximum absolute atomic E-state index is 11.5. The van der Waals surface area contributed by atoms with Gasteiger partial charge in [-0.25, -0.2) is 0 Å². The van der Waals surface area contributed by atoms with Crippen LogP contribution in [0.5, 0.6) is 0 Å². The van der Waals surface area contributed by atoms with E-state index in [-0.39, 0.29) is 23.8 Å². The Kier molecular flexibility index (Phi) is 3.46. The summed E-state index contributed by atoms with van der Waals surface area (Å²) in [5, 5.41) is 0. The van der Waals surface area contributed by atoms with Gasteiger partial charge in [-0.3, -0.25) is 9.59 Å². The van der Waals surface area contributed by atoms with Crippen LogP contribution in [0.15, 0.2) is 23.3 Å². The third-order valence-electron chi connectivity index (χ3n) is 3.45. The van der Waals surface area contributed by atoms with E-state index in [0.29, 0.717) is 12.8 Å². The molecule has 0 saturated carbocycles. The number of ether oxygens (including phenoxy) is 1. The second-order valence-electron chi connectivity index (χ2n) is 5.08. The minimum absolute atomic E-state index is 0.213. The molecule has 92 valence electrons. The molecule has 0 aromatic heterocycles. The third-order valence-corrected chi connectivity index (χ3v) is 3.45. The van der Waals surface area contributed by atoms with Crippen molar-refractivity contribution in [1.82, 2.24) is 0 Å². The Morgan fingerprint density at radius 2 is 2.06 bits per heavy atom. The van der Waals surface area contributed by atoms with Gasteiger partial charge in [0, 0.05) is 0 Å². The number of carbonyl (C=O) groups is 2. The number of esters is 2. The Morgan fingerprint density at radius 3 is 2.76 bits per heavy atom. The molecule has 0 spiro atoms. The Labute approximate surface area is 102 Å². The largest absolute Gasteiger partial charge is 0.393 e. The Hall–Kier alpha value is -1.38. The van der Waals surface area contributed by atoms with Crippen LogP contribution >= 0.6 is 0 Å². The van der Waals surface area contributed by atoms with E-state index < -0.39 is 0 Å². The highest BCUT2D eigenvalue weighted by Gasteiger charge is 2.45. The standard InChI is InChI=1S/C14H18O3/c1-9(2)4-3-5-10-6-7-11-12(8-10)14(16)17-13(11)15/h4,6,11-12H,3,5,7-8H2,1-2H3/t11-,12+/m0/s1. The third kappa shape index (κ3) is 2.65. The molecule has 3 nitrogen and oxygen atoms in total. The van der Waals surface area contributed by atoms with Gasteiger partial charge in [0.05, 0.1) is 11.8 Å². The molecule has 0 unspecified atom stereocenters. The second-order valence-corrected chi connectivity index (χ2v) is 5.08. The van der Waals surface area contributed by atoms with Gasteiger partial charge in [-0.15, -0.1) is 0 Å². The van der Waals surface area contributed by atoms with Crippen molar-refractivity contribution in [2.24, 2.45) is 11.8 Å². The summed E-state index contributed by atoms with van der Waals surface area (Å²) >= 11 is 0. The van der Waals surface area contributed by atoms with Crippen LogP contribution in [0.25, 0.3) is 0 Å². The van der Waals surface area contributed by atoms with E-state index in [1.54, 1.807) is 0 Å². The van der Waals surface area contributed by atoms with E-state index in [4.69, 9.17) is 0 Å². The first kappa shape index (κ1) is 12.1. The number of allylic oxidation sites excluding steroid dienone is 4. The van der Waals surface area contributed by atoms with Gasteiger partial charge in [-0.05, 0) is 39.5 Å². The molecule has 1 heterocycles. The van der Waals surface area contributed by atoms with Crippen molar-refractivity contribution < 1.29 is 14.3 Å². The minimum atomic E-state index is -0.334. The van der Waals surface area contributed by atoms with Crippen LogP contribution in [-0.2, 0) is 14.3 Å². The van der Waals surface area contributed by atoms with Gasteiger partial charge in [0.15, 0.2) is 0 Å². The van der Waals surface area contributed by atoms with Crippen LogP contribution in [0, 0.1) is 11.8 Å². The van der Waals surface area contributed by atoms with Gasteiger partial charge in [0.25, 0.3) is 0 Å². The molecule has 0 bridgehead atoms. The Balaban J connectivity index is 1.95. The molecular formula is C14H18O3. The van der Waals surface area contributed by atoms with E-state index in [1.165, 1.54) is 11.1 Å². The SMILES string of the molecule is CC(C)=CCCC1=CC[C@@H]2C(=O)OC(=O)[C@@H]2C1. The molecule has 0 aromatic rings. The van der Waals surface area contributed by atoms with Crippen molar-refractivity contribution in [3.8, 4) is 0 Å². The van der Waals surface area contributed by atoms with E-state index in [9.17, 15) is 9.59 Å². The highest BCUT2D eigenvalue weighted by Crippen LogP contribution is 2.37. The van der Waals surface area contributed by atoms with Crippen LogP contribution < -0.4 is 0 Å². The summed E-state index contributed by atoms with van der Waals surface area (Å²) < 4.78 is 4.68. The Morgan fingerprint density at radius 1 is 1.35 bits per heavy atom. The highest BCUT2D eigenvalue weighted by atomic mass is 16.6. The zero-order valence-corrected chi connectivity index (χ0v) is 10.4. The van der Waals surface area contributed by atoms with Crippen LogP contribution in [0.3, 0.4) is 0 Å². The van der Waals surface area contributed by atoms with Crippen molar-refractivity contribution >= 4 is 11.9 Å². The quantitative estimate of drug-likeness (QED) is 0.428.